The largest absolute Gasteiger partial charge is 0.493 e. The van der Waals surface area contributed by atoms with Crippen LogP contribution in [0.25, 0.3) is 0 Å². The average Bonchev–Trinajstić information content (AvgIpc) is 3.09. The number of amides is 2. The van der Waals surface area contributed by atoms with Crippen molar-refractivity contribution in [1.82, 2.24) is 4.90 Å². The minimum atomic E-state index is -1.51. The molecule has 34 heavy (non-hydrogen) atoms. The molecule has 1 N–H and O–H groups in total. The highest BCUT2D eigenvalue weighted by Crippen LogP contribution is 2.57. The molecule has 1 fully saturated rings. The zero-order valence-corrected chi connectivity index (χ0v) is 19.4. The Labute approximate surface area is 196 Å². The number of fused-ring (bicyclic) bond motifs is 6. The van der Waals surface area contributed by atoms with Crippen LogP contribution in [0.15, 0.2) is 36.4 Å². The minimum absolute atomic E-state index is 0.157. The molecule has 9 heteroatoms. The second-order valence-corrected chi connectivity index (χ2v) is 8.72. The third-order valence-corrected chi connectivity index (χ3v) is 7.11. The van der Waals surface area contributed by atoms with Crippen LogP contribution < -0.4 is 19.5 Å². The van der Waals surface area contributed by atoms with E-state index in [9.17, 15) is 14.4 Å². The number of hydrogen-bond acceptors (Lipinski definition) is 7. The summed E-state index contributed by atoms with van der Waals surface area (Å²) in [6.07, 6.45) is 0. The molecular weight excluding hydrogens is 440 g/mol. The number of rotatable bonds is 4. The van der Waals surface area contributed by atoms with E-state index in [0.29, 0.717) is 22.9 Å². The molecule has 2 aromatic carbocycles. The summed E-state index contributed by atoms with van der Waals surface area (Å²) in [6, 6.07) is 9.95. The van der Waals surface area contributed by atoms with Gasteiger partial charge in [-0.3, -0.25) is 14.4 Å². The van der Waals surface area contributed by atoms with Crippen molar-refractivity contribution in [2.75, 3.05) is 32.8 Å². The average molecular weight is 466 g/mol. The summed E-state index contributed by atoms with van der Waals surface area (Å²) in [5.41, 5.74) is -0.217. The molecule has 5 rings (SSSR count). The van der Waals surface area contributed by atoms with Crippen LogP contribution in [0.1, 0.15) is 35.8 Å². The SMILES string of the molecule is CCOC(=O)[C@H]1[C@H]2COc3ccccc3[C@@H]2N2C(=O)c3cc(OC)c(OC)cc3NC(=O)[C@@]12C. The summed E-state index contributed by atoms with van der Waals surface area (Å²) in [5.74, 6) is -1.43. The number of methoxy groups -OCH3 is 2. The van der Waals surface area contributed by atoms with Gasteiger partial charge in [0.25, 0.3) is 11.8 Å². The molecule has 0 spiro atoms. The number of nitrogens with one attached hydrogen (secondary N) is 1. The van der Waals surface area contributed by atoms with Crippen molar-refractivity contribution in [3.63, 3.8) is 0 Å². The molecule has 0 unspecified atom stereocenters. The van der Waals surface area contributed by atoms with E-state index in [0.717, 1.165) is 5.56 Å². The van der Waals surface area contributed by atoms with Gasteiger partial charge in [-0.1, -0.05) is 18.2 Å². The van der Waals surface area contributed by atoms with Gasteiger partial charge in [0, 0.05) is 17.5 Å². The van der Waals surface area contributed by atoms with E-state index in [2.05, 4.69) is 5.32 Å². The van der Waals surface area contributed by atoms with Crippen molar-refractivity contribution >= 4 is 23.5 Å². The molecule has 1 saturated heterocycles. The minimum Gasteiger partial charge on any atom is -0.493 e. The number of carbonyl (C=O) groups excluding carboxylic acids is 3. The zero-order chi connectivity index (χ0) is 24.2. The van der Waals surface area contributed by atoms with Gasteiger partial charge in [0.2, 0.25) is 0 Å². The van der Waals surface area contributed by atoms with Gasteiger partial charge >= 0.3 is 5.97 Å². The number of para-hydroxylation sites is 1. The fourth-order valence-corrected chi connectivity index (χ4v) is 5.59. The molecule has 2 amide bonds. The summed E-state index contributed by atoms with van der Waals surface area (Å²) < 4.78 is 22.1. The lowest BCUT2D eigenvalue weighted by Crippen LogP contribution is -2.57. The summed E-state index contributed by atoms with van der Waals surface area (Å²) in [7, 11) is 2.95. The molecule has 0 aliphatic carbocycles. The van der Waals surface area contributed by atoms with Crippen LogP contribution in [0.2, 0.25) is 0 Å². The second-order valence-electron chi connectivity index (χ2n) is 8.72. The van der Waals surface area contributed by atoms with Gasteiger partial charge < -0.3 is 29.2 Å². The number of anilines is 1. The number of benzene rings is 2. The van der Waals surface area contributed by atoms with Gasteiger partial charge in [-0.15, -0.1) is 0 Å². The van der Waals surface area contributed by atoms with E-state index in [1.165, 1.54) is 19.1 Å². The van der Waals surface area contributed by atoms with Gasteiger partial charge in [0.15, 0.2) is 11.5 Å². The molecule has 0 aromatic heterocycles. The molecule has 0 bridgehead atoms. The highest BCUT2D eigenvalue weighted by atomic mass is 16.5. The van der Waals surface area contributed by atoms with Crippen LogP contribution in [-0.2, 0) is 14.3 Å². The Morgan fingerprint density at radius 2 is 1.88 bits per heavy atom. The summed E-state index contributed by atoms with van der Waals surface area (Å²) >= 11 is 0. The summed E-state index contributed by atoms with van der Waals surface area (Å²) in [6.45, 7) is 3.67. The molecule has 9 nitrogen and oxygen atoms in total. The monoisotopic (exact) mass is 466 g/mol. The Hall–Kier alpha value is -3.75. The van der Waals surface area contributed by atoms with E-state index in [-0.39, 0.29) is 18.8 Å². The van der Waals surface area contributed by atoms with Crippen LogP contribution in [0.3, 0.4) is 0 Å². The van der Waals surface area contributed by atoms with Crippen molar-refractivity contribution in [1.29, 1.82) is 0 Å². The molecule has 3 heterocycles. The molecule has 0 radical (unpaired) electrons. The number of ether oxygens (including phenoxy) is 4. The fraction of sp³-hybridized carbons (Fsp3) is 0.400. The topological polar surface area (TPSA) is 103 Å². The van der Waals surface area contributed by atoms with Crippen LogP contribution in [0.4, 0.5) is 5.69 Å². The van der Waals surface area contributed by atoms with Crippen LogP contribution in [-0.4, -0.2) is 55.7 Å². The van der Waals surface area contributed by atoms with Crippen LogP contribution in [0, 0.1) is 11.8 Å². The lowest BCUT2D eigenvalue weighted by Gasteiger charge is -2.38. The maximum Gasteiger partial charge on any atom is 0.312 e. The first-order chi connectivity index (χ1) is 16.4. The number of hydrogen-bond donors (Lipinski definition) is 1. The Kier molecular flexibility index (Phi) is 5.15. The molecule has 4 atom stereocenters. The van der Waals surface area contributed by atoms with Gasteiger partial charge in [-0.2, -0.15) is 0 Å². The number of carbonyl (C=O) groups is 3. The summed E-state index contributed by atoms with van der Waals surface area (Å²) in [5, 5.41) is 2.87. The standard InChI is InChI=1S/C25H26N2O7/c1-5-33-23(29)20-15-12-34-17-9-7-6-8-13(17)21(15)27-22(28)14-10-18(31-3)19(32-4)11-16(14)26-24(30)25(20,27)2/h6-11,15,20-21H,5,12H2,1-4H3,(H,26,30)/t15-,20-,21+,25-/m1/s1. The third-order valence-electron chi connectivity index (χ3n) is 7.11. The van der Waals surface area contributed by atoms with Gasteiger partial charge in [-0.25, -0.2) is 0 Å². The zero-order valence-electron chi connectivity index (χ0n) is 19.4. The molecule has 3 aliphatic rings. The second kappa shape index (κ2) is 7.93. The van der Waals surface area contributed by atoms with Gasteiger partial charge in [-0.05, 0) is 26.0 Å². The van der Waals surface area contributed by atoms with Crippen molar-refractivity contribution in [2.45, 2.75) is 25.4 Å². The van der Waals surface area contributed by atoms with E-state index in [4.69, 9.17) is 18.9 Å². The predicted molar refractivity (Wildman–Crippen MR) is 121 cm³/mol. The van der Waals surface area contributed by atoms with Crippen molar-refractivity contribution < 1.29 is 33.3 Å². The molecule has 2 aromatic rings. The van der Waals surface area contributed by atoms with Gasteiger partial charge in [0.05, 0.1) is 50.6 Å². The quantitative estimate of drug-likeness (QED) is 0.691. The number of nitrogens with zero attached hydrogens (tertiary/aromatic N) is 1. The third kappa shape index (κ3) is 2.89. The Balaban J connectivity index is 1.75. The molecule has 0 saturated carbocycles. The van der Waals surface area contributed by atoms with E-state index in [1.54, 1.807) is 26.0 Å². The lowest BCUT2D eigenvalue weighted by molar-refractivity contribution is -0.155. The van der Waals surface area contributed by atoms with E-state index in [1.807, 2.05) is 24.3 Å². The first-order valence-corrected chi connectivity index (χ1v) is 11.2. The maximum absolute atomic E-state index is 14.2. The maximum atomic E-state index is 14.2. The molecular formula is C25H26N2O7. The van der Waals surface area contributed by atoms with Crippen molar-refractivity contribution in [2.24, 2.45) is 11.8 Å². The smallest absolute Gasteiger partial charge is 0.312 e. The van der Waals surface area contributed by atoms with E-state index >= 15 is 0 Å². The van der Waals surface area contributed by atoms with Crippen molar-refractivity contribution in [3.05, 3.63) is 47.5 Å². The summed E-state index contributed by atoms with van der Waals surface area (Å²) in [4.78, 5) is 42.8. The highest BCUT2D eigenvalue weighted by Gasteiger charge is 2.67. The van der Waals surface area contributed by atoms with Crippen molar-refractivity contribution in [3.8, 4) is 17.2 Å². The lowest BCUT2D eigenvalue weighted by atomic mass is 9.77. The Bertz CT molecular complexity index is 1200. The predicted octanol–water partition coefficient (Wildman–Crippen LogP) is 2.80. The fourth-order valence-electron chi connectivity index (χ4n) is 5.59. The highest BCUT2D eigenvalue weighted by molar-refractivity contribution is 6.14. The Morgan fingerprint density at radius 3 is 2.59 bits per heavy atom. The van der Waals surface area contributed by atoms with E-state index < -0.39 is 41.2 Å². The first-order valence-electron chi connectivity index (χ1n) is 11.2. The van der Waals surface area contributed by atoms with Crippen LogP contribution in [0.5, 0.6) is 17.2 Å². The van der Waals surface area contributed by atoms with Gasteiger partial charge in [0.1, 0.15) is 11.3 Å². The molecule has 178 valence electrons. The number of esters is 1. The normalized spacial score (nSPS) is 26.7. The Morgan fingerprint density at radius 1 is 1.18 bits per heavy atom. The first kappa shape index (κ1) is 22.1. The van der Waals surface area contributed by atoms with Crippen LogP contribution >= 0.6 is 0 Å². The molecule has 3 aliphatic heterocycles.